The molecule has 1 saturated heterocycles. The summed E-state index contributed by atoms with van der Waals surface area (Å²) in [5, 5.41) is 4.24. The van der Waals surface area contributed by atoms with E-state index in [0.717, 1.165) is 49.2 Å². The van der Waals surface area contributed by atoms with E-state index in [1.54, 1.807) is 10.9 Å². The Bertz CT molecular complexity index is 1050. The van der Waals surface area contributed by atoms with Crippen molar-refractivity contribution in [3.8, 4) is 0 Å². The third-order valence-electron chi connectivity index (χ3n) is 7.75. The van der Waals surface area contributed by atoms with Crippen molar-refractivity contribution in [1.29, 1.82) is 0 Å². The van der Waals surface area contributed by atoms with E-state index in [1.165, 1.54) is 32.1 Å². The number of likely N-dealkylation sites (tertiary alicyclic amines) is 1. The van der Waals surface area contributed by atoms with Crippen LogP contribution in [-0.4, -0.2) is 54.6 Å². The molecule has 1 N–H and O–H groups in total. The average molecular weight is 439 g/mol. The zero-order valence-electron chi connectivity index (χ0n) is 19.3. The summed E-state index contributed by atoms with van der Waals surface area (Å²) in [5.41, 5.74) is 3.20. The molecule has 2 fully saturated rings. The van der Waals surface area contributed by atoms with Crippen LogP contribution >= 0.6 is 0 Å². The van der Waals surface area contributed by atoms with E-state index >= 15 is 0 Å². The van der Waals surface area contributed by atoms with E-state index in [0.29, 0.717) is 30.5 Å². The lowest BCUT2D eigenvalue weighted by Gasteiger charge is -2.38. The van der Waals surface area contributed by atoms with Crippen LogP contribution in [0.4, 0.5) is 0 Å². The predicted molar refractivity (Wildman–Crippen MR) is 121 cm³/mol. The molecule has 2 aromatic rings. The fraction of sp³-hybridized carbons (Fsp3) is 0.667. The van der Waals surface area contributed by atoms with Crippen molar-refractivity contribution >= 4 is 5.91 Å². The van der Waals surface area contributed by atoms with Gasteiger partial charge in [0.15, 0.2) is 0 Å². The van der Waals surface area contributed by atoms with Crippen molar-refractivity contribution < 1.29 is 4.79 Å². The molecule has 2 aromatic heterocycles. The van der Waals surface area contributed by atoms with Gasteiger partial charge in [-0.2, -0.15) is 5.10 Å². The lowest BCUT2D eigenvalue weighted by atomic mass is 9.92. The van der Waals surface area contributed by atoms with Crippen molar-refractivity contribution in [2.45, 2.75) is 83.3 Å². The number of piperidine rings is 1. The van der Waals surface area contributed by atoms with E-state index in [-0.39, 0.29) is 17.5 Å². The maximum atomic E-state index is 13.4. The number of aromatic amines is 1. The van der Waals surface area contributed by atoms with E-state index in [4.69, 9.17) is 4.98 Å². The lowest BCUT2D eigenvalue weighted by molar-refractivity contribution is 0.0597. The highest BCUT2D eigenvalue weighted by molar-refractivity contribution is 5.95. The van der Waals surface area contributed by atoms with Gasteiger partial charge in [-0.3, -0.25) is 19.2 Å². The number of hydrogen-bond acceptors (Lipinski definition) is 5. The summed E-state index contributed by atoms with van der Waals surface area (Å²) in [7, 11) is 1.85. The van der Waals surface area contributed by atoms with Gasteiger partial charge in [-0.25, -0.2) is 4.98 Å². The van der Waals surface area contributed by atoms with Gasteiger partial charge in [-0.05, 0) is 39.0 Å². The van der Waals surface area contributed by atoms with Gasteiger partial charge in [0.1, 0.15) is 5.82 Å². The molecule has 4 heterocycles. The molecule has 2 aliphatic heterocycles. The summed E-state index contributed by atoms with van der Waals surface area (Å²) in [6, 6.07) is 0.412. The number of aryl methyl sites for hydroxylation is 1. The number of fused-ring (bicyclic) bond motifs is 1. The average Bonchev–Trinajstić information content (AvgIpc) is 3.17. The van der Waals surface area contributed by atoms with Crippen LogP contribution in [0.1, 0.15) is 90.5 Å². The monoisotopic (exact) mass is 438 g/mol. The Morgan fingerprint density at radius 2 is 1.88 bits per heavy atom. The summed E-state index contributed by atoms with van der Waals surface area (Å²) in [4.78, 5) is 38.9. The molecule has 172 valence electrons. The summed E-state index contributed by atoms with van der Waals surface area (Å²) in [5.74, 6) is 0.624. The maximum Gasteiger partial charge on any atom is 0.257 e. The molecule has 0 unspecified atom stereocenters. The van der Waals surface area contributed by atoms with Crippen molar-refractivity contribution in [2.75, 3.05) is 13.1 Å². The fourth-order valence-corrected chi connectivity index (χ4v) is 5.70. The molecule has 8 heteroatoms. The Kier molecular flexibility index (Phi) is 5.88. The third kappa shape index (κ3) is 3.89. The minimum absolute atomic E-state index is 0.0239. The molecule has 1 aliphatic carbocycles. The number of carbonyl (C=O) groups excluding carboxylic acids is 1. The summed E-state index contributed by atoms with van der Waals surface area (Å²) >= 11 is 0. The van der Waals surface area contributed by atoms with Crippen molar-refractivity contribution in [1.82, 2.24) is 29.5 Å². The van der Waals surface area contributed by atoms with E-state index in [2.05, 4.69) is 15.0 Å². The maximum absolute atomic E-state index is 13.4. The first kappa shape index (κ1) is 21.4. The van der Waals surface area contributed by atoms with Crippen LogP contribution < -0.4 is 5.56 Å². The molecule has 8 nitrogen and oxygen atoms in total. The van der Waals surface area contributed by atoms with Gasteiger partial charge in [0.25, 0.3) is 11.5 Å². The summed E-state index contributed by atoms with van der Waals surface area (Å²) in [6.07, 6.45) is 11.7. The number of hydrogen-bond donors (Lipinski definition) is 1. The number of H-pyrrole nitrogens is 1. The molecule has 0 spiro atoms. The molecule has 0 radical (unpaired) electrons. The number of carbonyl (C=O) groups is 1. The van der Waals surface area contributed by atoms with Crippen molar-refractivity contribution in [3.05, 3.63) is 44.9 Å². The first-order valence-corrected chi connectivity index (χ1v) is 12.2. The normalized spacial score (nSPS) is 22.7. The molecular weight excluding hydrogens is 404 g/mol. The van der Waals surface area contributed by atoms with Crippen LogP contribution in [0.25, 0.3) is 0 Å². The second-order valence-corrected chi connectivity index (χ2v) is 9.67. The smallest absolute Gasteiger partial charge is 0.257 e. The molecular formula is C24H34N6O2. The van der Waals surface area contributed by atoms with Crippen LogP contribution in [0.2, 0.25) is 0 Å². The zero-order valence-corrected chi connectivity index (χ0v) is 19.3. The molecule has 3 aliphatic rings. The van der Waals surface area contributed by atoms with E-state index in [1.807, 2.05) is 18.9 Å². The van der Waals surface area contributed by atoms with Crippen molar-refractivity contribution in [3.63, 3.8) is 0 Å². The highest BCUT2D eigenvalue weighted by Gasteiger charge is 2.34. The molecule has 32 heavy (non-hydrogen) atoms. The molecule has 1 atom stereocenters. The topological polar surface area (TPSA) is 87.1 Å². The lowest BCUT2D eigenvalue weighted by Crippen LogP contribution is -2.44. The zero-order chi connectivity index (χ0) is 22.2. The number of nitrogens with one attached hydrogen (secondary N) is 1. The standard InChI is InChI=1S/C24H34N6O2/c1-16-18(14-25-28(16)2)24(32)30-12-7-6-10-21(30)22-26-20-11-13-29(15-19(20)23(31)27-22)17-8-4-3-5-9-17/h14,17,21H,3-13,15H2,1-2H3,(H,26,27,31)/t21-/m0/s1. The third-order valence-corrected chi connectivity index (χ3v) is 7.75. The first-order valence-electron chi connectivity index (χ1n) is 12.2. The Labute approximate surface area is 189 Å². The van der Waals surface area contributed by atoms with Crippen LogP contribution in [0.5, 0.6) is 0 Å². The van der Waals surface area contributed by atoms with Crippen LogP contribution in [0, 0.1) is 6.92 Å². The molecule has 0 bridgehead atoms. The molecule has 1 amide bonds. The first-order chi connectivity index (χ1) is 15.5. The van der Waals surface area contributed by atoms with Gasteiger partial charge in [0.2, 0.25) is 0 Å². The Hall–Kier alpha value is -2.48. The SMILES string of the molecule is Cc1c(C(=O)N2CCCC[C@H]2c2nc3c(c(=O)[nH]2)CN(C2CCCCC2)CC3)cnn1C. The fourth-order valence-electron chi connectivity index (χ4n) is 5.70. The molecule has 5 rings (SSSR count). The van der Waals surface area contributed by atoms with Crippen molar-refractivity contribution in [2.24, 2.45) is 7.05 Å². The second kappa shape index (κ2) is 8.81. The number of aromatic nitrogens is 4. The highest BCUT2D eigenvalue weighted by Crippen LogP contribution is 2.32. The Balaban J connectivity index is 1.40. The van der Waals surface area contributed by atoms with Gasteiger partial charge in [0.05, 0.1) is 29.1 Å². The minimum atomic E-state index is -0.190. The summed E-state index contributed by atoms with van der Waals surface area (Å²) in [6.45, 7) is 4.25. The van der Waals surface area contributed by atoms with Gasteiger partial charge in [-0.1, -0.05) is 19.3 Å². The number of nitrogens with zero attached hydrogens (tertiary/aromatic N) is 5. The van der Waals surface area contributed by atoms with Gasteiger partial charge < -0.3 is 9.88 Å². The van der Waals surface area contributed by atoms with Gasteiger partial charge >= 0.3 is 0 Å². The van der Waals surface area contributed by atoms with Gasteiger partial charge in [-0.15, -0.1) is 0 Å². The summed E-state index contributed by atoms with van der Waals surface area (Å²) < 4.78 is 1.73. The largest absolute Gasteiger partial charge is 0.328 e. The van der Waals surface area contributed by atoms with Gasteiger partial charge in [0, 0.05) is 44.8 Å². The quantitative estimate of drug-likeness (QED) is 0.796. The van der Waals surface area contributed by atoms with E-state index < -0.39 is 0 Å². The highest BCUT2D eigenvalue weighted by atomic mass is 16.2. The second-order valence-electron chi connectivity index (χ2n) is 9.67. The molecule has 1 saturated carbocycles. The number of amides is 1. The Morgan fingerprint density at radius 1 is 1.09 bits per heavy atom. The minimum Gasteiger partial charge on any atom is -0.328 e. The molecule has 0 aromatic carbocycles. The van der Waals surface area contributed by atoms with E-state index in [9.17, 15) is 9.59 Å². The van der Waals surface area contributed by atoms with Crippen LogP contribution in [-0.2, 0) is 20.0 Å². The Morgan fingerprint density at radius 3 is 2.62 bits per heavy atom. The number of rotatable bonds is 3. The van der Waals surface area contributed by atoms with Crippen LogP contribution in [0.15, 0.2) is 11.0 Å². The van der Waals surface area contributed by atoms with Crippen LogP contribution in [0.3, 0.4) is 0 Å². The predicted octanol–water partition coefficient (Wildman–Crippen LogP) is 2.87.